The maximum atomic E-state index is 12.6. The Labute approximate surface area is 126 Å². The van der Waals surface area contributed by atoms with Gasteiger partial charge in [-0.15, -0.1) is 0 Å². The number of alkyl halides is 3. The number of carbonyl (C=O) groups is 1. The maximum absolute atomic E-state index is 12.6. The van der Waals surface area contributed by atoms with Crippen LogP contribution in [0.25, 0.3) is 0 Å². The number of benzene rings is 1. The van der Waals surface area contributed by atoms with Gasteiger partial charge in [-0.25, -0.2) is 0 Å². The largest absolute Gasteiger partial charge is 0.493 e. The molecule has 0 spiro atoms. The Morgan fingerprint density at radius 3 is 2.55 bits per heavy atom. The molecule has 0 aromatic heterocycles. The highest BCUT2D eigenvalue weighted by Crippen LogP contribution is 2.31. The summed E-state index contributed by atoms with van der Waals surface area (Å²) in [6.07, 6.45) is -3.31. The highest BCUT2D eigenvalue weighted by Gasteiger charge is 2.45. The molecular formula is C15H18F3NO3. The van der Waals surface area contributed by atoms with E-state index < -0.39 is 18.1 Å². The topological polar surface area (TPSA) is 38.8 Å². The molecule has 1 aromatic carbocycles. The number of halogens is 3. The first kappa shape index (κ1) is 16.5. The van der Waals surface area contributed by atoms with Crippen LogP contribution in [0, 0.1) is 0 Å². The van der Waals surface area contributed by atoms with E-state index in [2.05, 4.69) is 0 Å². The monoisotopic (exact) mass is 317 g/mol. The normalized spacial score (nSPS) is 18.4. The third-order valence-electron chi connectivity index (χ3n) is 3.80. The molecule has 0 radical (unpaired) electrons. The zero-order valence-electron chi connectivity index (χ0n) is 12.4. The Kier molecular flexibility index (Phi) is 4.83. The van der Waals surface area contributed by atoms with Gasteiger partial charge in [0.15, 0.2) is 11.5 Å². The van der Waals surface area contributed by atoms with E-state index >= 15 is 0 Å². The van der Waals surface area contributed by atoms with Gasteiger partial charge in [-0.1, -0.05) is 6.07 Å². The first-order valence-electron chi connectivity index (χ1n) is 6.95. The number of likely N-dealkylation sites (tertiary alicyclic amines) is 1. The molecule has 0 unspecified atom stereocenters. The highest BCUT2D eigenvalue weighted by molar-refractivity contribution is 5.82. The SMILES string of the molecule is COc1ccc(C[C@H]2CCCN2C(=O)C(F)(F)F)cc1OC. The van der Waals surface area contributed by atoms with Crippen LogP contribution in [0.2, 0.25) is 0 Å². The second kappa shape index (κ2) is 6.46. The van der Waals surface area contributed by atoms with Crippen molar-refractivity contribution in [3.05, 3.63) is 23.8 Å². The Bertz CT molecular complexity index is 545. The van der Waals surface area contributed by atoms with Gasteiger partial charge < -0.3 is 14.4 Å². The van der Waals surface area contributed by atoms with Crippen molar-refractivity contribution < 1.29 is 27.4 Å². The lowest BCUT2D eigenvalue weighted by Crippen LogP contribution is -2.44. The summed E-state index contributed by atoms with van der Waals surface area (Å²) in [7, 11) is 3.01. The molecule has 2 rings (SSSR count). The molecule has 0 N–H and O–H groups in total. The summed E-state index contributed by atoms with van der Waals surface area (Å²) in [5, 5.41) is 0. The Morgan fingerprint density at radius 2 is 1.95 bits per heavy atom. The fourth-order valence-electron chi connectivity index (χ4n) is 2.76. The van der Waals surface area contributed by atoms with Crippen molar-refractivity contribution in [2.24, 2.45) is 0 Å². The highest BCUT2D eigenvalue weighted by atomic mass is 19.4. The van der Waals surface area contributed by atoms with Gasteiger partial charge in [-0.3, -0.25) is 4.79 Å². The quantitative estimate of drug-likeness (QED) is 0.857. The Balaban J connectivity index is 2.14. The summed E-state index contributed by atoms with van der Waals surface area (Å²) in [5.74, 6) is -0.678. The predicted molar refractivity (Wildman–Crippen MR) is 74.0 cm³/mol. The lowest BCUT2D eigenvalue weighted by Gasteiger charge is -2.25. The van der Waals surface area contributed by atoms with E-state index in [1.807, 2.05) is 0 Å². The average molecular weight is 317 g/mol. The van der Waals surface area contributed by atoms with Crippen LogP contribution in [0.3, 0.4) is 0 Å². The van der Waals surface area contributed by atoms with Crippen molar-refractivity contribution in [3.63, 3.8) is 0 Å². The van der Waals surface area contributed by atoms with Gasteiger partial charge in [-0.05, 0) is 37.0 Å². The molecule has 7 heteroatoms. The Morgan fingerprint density at radius 1 is 1.27 bits per heavy atom. The second-order valence-corrected chi connectivity index (χ2v) is 5.19. The lowest BCUT2D eigenvalue weighted by atomic mass is 10.0. The number of rotatable bonds is 4. The van der Waals surface area contributed by atoms with Crippen molar-refractivity contribution in [2.75, 3.05) is 20.8 Å². The van der Waals surface area contributed by atoms with Crippen LogP contribution in [0.5, 0.6) is 11.5 Å². The lowest BCUT2D eigenvalue weighted by molar-refractivity contribution is -0.186. The van der Waals surface area contributed by atoms with Gasteiger partial charge in [0.05, 0.1) is 14.2 Å². The summed E-state index contributed by atoms with van der Waals surface area (Å²) in [6, 6.07) is 4.77. The summed E-state index contributed by atoms with van der Waals surface area (Å²) in [4.78, 5) is 12.4. The van der Waals surface area contributed by atoms with E-state index in [1.165, 1.54) is 14.2 Å². The maximum Gasteiger partial charge on any atom is 0.471 e. The molecule has 0 saturated carbocycles. The second-order valence-electron chi connectivity index (χ2n) is 5.19. The van der Waals surface area contributed by atoms with Crippen LogP contribution in [-0.2, 0) is 11.2 Å². The number of ether oxygens (including phenoxy) is 2. The third-order valence-corrected chi connectivity index (χ3v) is 3.80. The minimum absolute atomic E-state index is 0.149. The molecule has 1 heterocycles. The van der Waals surface area contributed by atoms with Gasteiger partial charge in [0, 0.05) is 12.6 Å². The number of hydrogen-bond donors (Lipinski definition) is 0. The number of carbonyl (C=O) groups excluding carboxylic acids is 1. The van der Waals surface area contributed by atoms with Gasteiger partial charge in [0.2, 0.25) is 0 Å². The smallest absolute Gasteiger partial charge is 0.471 e. The number of nitrogens with zero attached hydrogens (tertiary/aromatic N) is 1. The van der Waals surface area contributed by atoms with Gasteiger partial charge in [0.1, 0.15) is 0 Å². The summed E-state index contributed by atoms with van der Waals surface area (Å²) >= 11 is 0. The molecule has 1 saturated heterocycles. The number of hydrogen-bond acceptors (Lipinski definition) is 3. The van der Waals surface area contributed by atoms with Gasteiger partial charge >= 0.3 is 12.1 Å². The van der Waals surface area contributed by atoms with Crippen molar-refractivity contribution in [1.82, 2.24) is 4.90 Å². The van der Waals surface area contributed by atoms with Crippen LogP contribution in [-0.4, -0.2) is 43.8 Å². The minimum Gasteiger partial charge on any atom is -0.493 e. The molecule has 1 aromatic rings. The van der Waals surface area contributed by atoms with E-state index in [-0.39, 0.29) is 6.54 Å². The van der Waals surface area contributed by atoms with E-state index in [9.17, 15) is 18.0 Å². The van der Waals surface area contributed by atoms with Crippen molar-refractivity contribution in [1.29, 1.82) is 0 Å². The molecule has 1 fully saturated rings. The molecule has 1 atom stereocenters. The third kappa shape index (κ3) is 3.45. The standard InChI is InChI=1S/C15H18F3NO3/c1-21-12-6-5-10(9-13(12)22-2)8-11-4-3-7-19(11)14(20)15(16,17)18/h5-6,9,11H,3-4,7-8H2,1-2H3/t11-/m1/s1. The van der Waals surface area contributed by atoms with Crippen LogP contribution in [0.15, 0.2) is 18.2 Å². The van der Waals surface area contributed by atoms with Crippen LogP contribution in [0.4, 0.5) is 13.2 Å². The summed E-state index contributed by atoms with van der Waals surface area (Å²) < 4.78 is 48.1. The summed E-state index contributed by atoms with van der Waals surface area (Å²) in [6.45, 7) is 0.149. The number of methoxy groups -OCH3 is 2. The molecule has 4 nitrogen and oxygen atoms in total. The van der Waals surface area contributed by atoms with Crippen molar-refractivity contribution in [3.8, 4) is 11.5 Å². The molecule has 0 aliphatic carbocycles. The molecular weight excluding hydrogens is 299 g/mol. The van der Waals surface area contributed by atoms with E-state index in [0.29, 0.717) is 30.8 Å². The predicted octanol–water partition coefficient (Wildman–Crippen LogP) is 2.80. The fourth-order valence-corrected chi connectivity index (χ4v) is 2.76. The number of amides is 1. The zero-order chi connectivity index (χ0) is 16.3. The first-order valence-corrected chi connectivity index (χ1v) is 6.95. The molecule has 122 valence electrons. The molecule has 1 aliphatic heterocycles. The van der Waals surface area contributed by atoms with Crippen molar-refractivity contribution >= 4 is 5.91 Å². The molecule has 1 amide bonds. The Hall–Kier alpha value is -1.92. The van der Waals surface area contributed by atoms with Crippen LogP contribution >= 0.6 is 0 Å². The van der Waals surface area contributed by atoms with Crippen LogP contribution in [0.1, 0.15) is 18.4 Å². The van der Waals surface area contributed by atoms with E-state index in [1.54, 1.807) is 18.2 Å². The van der Waals surface area contributed by atoms with Crippen molar-refractivity contribution in [2.45, 2.75) is 31.5 Å². The molecule has 22 heavy (non-hydrogen) atoms. The van der Waals surface area contributed by atoms with E-state index in [4.69, 9.17) is 9.47 Å². The summed E-state index contributed by atoms with van der Waals surface area (Å²) in [5.41, 5.74) is 0.810. The van der Waals surface area contributed by atoms with E-state index in [0.717, 1.165) is 10.5 Å². The van der Waals surface area contributed by atoms with Crippen LogP contribution < -0.4 is 9.47 Å². The average Bonchev–Trinajstić information content (AvgIpc) is 2.93. The van der Waals surface area contributed by atoms with Gasteiger partial charge in [-0.2, -0.15) is 13.2 Å². The zero-order valence-corrected chi connectivity index (χ0v) is 12.4. The minimum atomic E-state index is -4.82. The first-order chi connectivity index (χ1) is 10.4. The molecule has 1 aliphatic rings. The molecule has 0 bridgehead atoms. The van der Waals surface area contributed by atoms with Gasteiger partial charge in [0.25, 0.3) is 0 Å². The fraction of sp³-hybridized carbons (Fsp3) is 0.533.